The number of rotatable bonds is 5. The monoisotopic (exact) mass is 397 g/mol. The number of hydrogen-bond donors (Lipinski definition) is 2. The first-order chi connectivity index (χ1) is 12.4. The largest absolute Gasteiger partial charge is 0.356 e. The van der Waals surface area contributed by atoms with Gasteiger partial charge in [0.15, 0.2) is 15.8 Å². The van der Waals surface area contributed by atoms with Crippen molar-refractivity contribution >= 4 is 27.4 Å². The molecule has 1 unspecified atom stereocenters. The molecule has 3 rings (SSSR count). The third kappa shape index (κ3) is 4.95. The van der Waals surface area contributed by atoms with Crippen LogP contribution in [0.2, 0.25) is 5.02 Å². The fraction of sp³-hybridized carbons (Fsp3) is 0.438. The van der Waals surface area contributed by atoms with Crippen molar-refractivity contribution in [3.8, 4) is 11.4 Å². The van der Waals surface area contributed by atoms with Crippen LogP contribution < -0.4 is 10.6 Å². The van der Waals surface area contributed by atoms with Gasteiger partial charge in [-0.1, -0.05) is 16.8 Å². The Morgan fingerprint density at radius 3 is 2.81 bits per heavy atom. The second-order valence-electron chi connectivity index (χ2n) is 6.01. The van der Waals surface area contributed by atoms with E-state index in [1.807, 2.05) is 12.1 Å². The van der Waals surface area contributed by atoms with E-state index in [2.05, 4.69) is 25.8 Å². The van der Waals surface area contributed by atoms with Crippen LogP contribution in [-0.4, -0.2) is 55.7 Å². The van der Waals surface area contributed by atoms with Gasteiger partial charge in [-0.15, -0.1) is 0 Å². The van der Waals surface area contributed by atoms with Gasteiger partial charge < -0.3 is 15.2 Å². The summed E-state index contributed by atoms with van der Waals surface area (Å²) in [7, 11) is -1.28. The Kier molecular flexibility index (Phi) is 5.77. The molecule has 1 aromatic heterocycles. The fourth-order valence-electron chi connectivity index (χ4n) is 2.66. The van der Waals surface area contributed by atoms with Crippen molar-refractivity contribution in [2.75, 3.05) is 25.1 Å². The van der Waals surface area contributed by atoms with Crippen molar-refractivity contribution in [1.82, 2.24) is 20.8 Å². The molecular weight excluding hydrogens is 378 g/mol. The summed E-state index contributed by atoms with van der Waals surface area (Å²) in [5.74, 6) is 1.93. The van der Waals surface area contributed by atoms with Gasteiger partial charge >= 0.3 is 0 Å². The summed E-state index contributed by atoms with van der Waals surface area (Å²) in [6.45, 7) is 0.529. The summed E-state index contributed by atoms with van der Waals surface area (Å²) < 4.78 is 28.3. The van der Waals surface area contributed by atoms with Crippen molar-refractivity contribution in [2.45, 2.75) is 18.9 Å². The molecule has 10 heteroatoms. The van der Waals surface area contributed by atoms with Crippen LogP contribution in [0.5, 0.6) is 0 Å². The summed E-state index contributed by atoms with van der Waals surface area (Å²) in [6, 6.07) is 7.10. The minimum absolute atomic E-state index is 0.105. The first kappa shape index (κ1) is 18.7. The lowest BCUT2D eigenvalue weighted by molar-refractivity contribution is 0.378. The van der Waals surface area contributed by atoms with Crippen molar-refractivity contribution in [3.05, 3.63) is 35.2 Å². The summed E-state index contributed by atoms with van der Waals surface area (Å²) >= 11 is 5.87. The number of halogens is 1. The van der Waals surface area contributed by atoms with Crippen LogP contribution in [0.15, 0.2) is 33.8 Å². The third-order valence-electron chi connectivity index (χ3n) is 4.00. The highest BCUT2D eigenvalue weighted by atomic mass is 35.5. The van der Waals surface area contributed by atoms with Crippen LogP contribution in [0.25, 0.3) is 11.4 Å². The molecule has 0 amide bonds. The van der Waals surface area contributed by atoms with Crippen molar-refractivity contribution in [1.29, 1.82) is 0 Å². The number of nitrogens with zero attached hydrogens (tertiary/aromatic N) is 3. The second-order valence-corrected chi connectivity index (χ2v) is 8.68. The summed E-state index contributed by atoms with van der Waals surface area (Å²) in [5, 5.41) is 10.9. The maximum absolute atomic E-state index is 11.5. The quantitative estimate of drug-likeness (QED) is 0.577. The number of aromatic nitrogens is 2. The van der Waals surface area contributed by atoms with Crippen molar-refractivity contribution in [2.24, 2.45) is 4.99 Å². The predicted octanol–water partition coefficient (Wildman–Crippen LogP) is 1.28. The number of sulfone groups is 1. The van der Waals surface area contributed by atoms with Gasteiger partial charge in [0, 0.05) is 36.6 Å². The first-order valence-corrected chi connectivity index (χ1v) is 10.4. The predicted molar refractivity (Wildman–Crippen MR) is 100 cm³/mol. The molecule has 2 aromatic rings. The minimum Gasteiger partial charge on any atom is -0.356 e. The second kappa shape index (κ2) is 8.05. The van der Waals surface area contributed by atoms with Gasteiger partial charge in [-0.05, 0) is 30.7 Å². The van der Waals surface area contributed by atoms with E-state index < -0.39 is 9.84 Å². The first-order valence-electron chi connectivity index (χ1n) is 8.21. The minimum atomic E-state index is -2.93. The van der Waals surface area contributed by atoms with Crippen LogP contribution >= 0.6 is 11.6 Å². The average molecular weight is 398 g/mol. The van der Waals surface area contributed by atoms with Gasteiger partial charge in [0.25, 0.3) is 0 Å². The lowest BCUT2D eigenvalue weighted by Gasteiger charge is -2.15. The molecule has 0 radical (unpaired) electrons. The Labute approximate surface area is 157 Å². The Balaban J connectivity index is 1.49. The fourth-order valence-corrected chi connectivity index (χ4v) is 4.46. The lowest BCUT2D eigenvalue weighted by Crippen LogP contribution is -2.44. The number of aliphatic imine (C=N–C) groups is 1. The molecule has 0 aliphatic carbocycles. The van der Waals surface area contributed by atoms with E-state index in [4.69, 9.17) is 16.1 Å². The van der Waals surface area contributed by atoms with Gasteiger partial charge in [-0.3, -0.25) is 4.99 Å². The highest BCUT2D eigenvalue weighted by Crippen LogP contribution is 2.18. The average Bonchev–Trinajstić information content (AvgIpc) is 3.21. The van der Waals surface area contributed by atoms with E-state index in [0.29, 0.717) is 42.1 Å². The van der Waals surface area contributed by atoms with E-state index in [0.717, 1.165) is 5.56 Å². The molecule has 2 N–H and O–H groups in total. The highest BCUT2D eigenvalue weighted by Gasteiger charge is 2.28. The zero-order valence-corrected chi connectivity index (χ0v) is 15.8. The van der Waals surface area contributed by atoms with Crippen LogP contribution in [0.4, 0.5) is 0 Å². The molecule has 1 fully saturated rings. The molecule has 1 aliphatic rings. The highest BCUT2D eigenvalue weighted by molar-refractivity contribution is 7.91. The molecule has 1 aliphatic heterocycles. The Morgan fingerprint density at radius 2 is 2.15 bits per heavy atom. The Bertz CT molecular complexity index is 880. The Hall–Kier alpha value is -2.13. The Morgan fingerprint density at radius 1 is 1.38 bits per heavy atom. The molecule has 0 bridgehead atoms. The molecule has 2 heterocycles. The lowest BCUT2D eigenvalue weighted by atomic mass is 10.2. The van der Waals surface area contributed by atoms with Crippen LogP contribution in [-0.2, 0) is 16.3 Å². The molecule has 140 valence electrons. The van der Waals surface area contributed by atoms with Crippen LogP contribution in [0.3, 0.4) is 0 Å². The van der Waals surface area contributed by atoms with Gasteiger partial charge in [0.05, 0.1) is 11.5 Å². The molecule has 0 spiro atoms. The van der Waals surface area contributed by atoms with E-state index in [1.165, 1.54) is 0 Å². The van der Waals surface area contributed by atoms with E-state index >= 15 is 0 Å². The van der Waals surface area contributed by atoms with E-state index in [9.17, 15) is 8.42 Å². The molecule has 1 atom stereocenters. The molecule has 1 aromatic carbocycles. The van der Waals surface area contributed by atoms with Gasteiger partial charge in [-0.2, -0.15) is 4.98 Å². The number of hydrogen-bond acceptors (Lipinski definition) is 6. The summed E-state index contributed by atoms with van der Waals surface area (Å²) in [5.41, 5.74) is 0.831. The standard InChI is InChI=1S/C16H20ClN5O3S/c1-18-16(20-13-7-9-26(23,24)10-13)19-8-6-14-21-15(22-25-14)11-2-4-12(17)5-3-11/h2-5,13H,6-10H2,1H3,(H2,18,19,20). The number of guanidine groups is 1. The molecular formula is C16H20ClN5O3S. The number of nitrogens with one attached hydrogen (secondary N) is 2. The molecule has 8 nitrogen and oxygen atoms in total. The van der Waals surface area contributed by atoms with Gasteiger partial charge in [-0.25, -0.2) is 8.42 Å². The zero-order valence-electron chi connectivity index (χ0n) is 14.3. The summed E-state index contributed by atoms with van der Waals surface area (Å²) in [6.07, 6.45) is 1.11. The molecule has 1 saturated heterocycles. The zero-order chi connectivity index (χ0) is 18.6. The normalized spacial score (nSPS) is 19.5. The topological polar surface area (TPSA) is 109 Å². The van der Waals surface area contributed by atoms with E-state index in [-0.39, 0.29) is 17.5 Å². The maximum Gasteiger partial charge on any atom is 0.228 e. The van der Waals surface area contributed by atoms with Gasteiger partial charge in [0.2, 0.25) is 11.7 Å². The van der Waals surface area contributed by atoms with Crippen LogP contribution in [0.1, 0.15) is 12.3 Å². The van der Waals surface area contributed by atoms with Crippen molar-refractivity contribution in [3.63, 3.8) is 0 Å². The van der Waals surface area contributed by atoms with E-state index in [1.54, 1.807) is 19.2 Å². The number of benzene rings is 1. The third-order valence-corrected chi connectivity index (χ3v) is 6.02. The summed E-state index contributed by atoms with van der Waals surface area (Å²) in [4.78, 5) is 8.47. The molecule has 26 heavy (non-hydrogen) atoms. The van der Waals surface area contributed by atoms with Crippen LogP contribution in [0, 0.1) is 0 Å². The molecule has 0 saturated carbocycles. The maximum atomic E-state index is 11.5. The SMILES string of the molecule is CN=C(NCCc1nc(-c2ccc(Cl)cc2)no1)NC1CCS(=O)(=O)C1. The smallest absolute Gasteiger partial charge is 0.228 e. The van der Waals surface area contributed by atoms with Crippen molar-refractivity contribution < 1.29 is 12.9 Å². The van der Waals surface area contributed by atoms with Gasteiger partial charge in [0.1, 0.15) is 0 Å².